The molecule has 23 heavy (non-hydrogen) atoms. The number of rotatable bonds is 4. The van der Waals surface area contributed by atoms with Crippen molar-refractivity contribution in [3.8, 4) is 0 Å². The number of aromatic nitrogens is 4. The molecule has 0 radical (unpaired) electrons. The van der Waals surface area contributed by atoms with Crippen molar-refractivity contribution >= 4 is 11.9 Å². The van der Waals surface area contributed by atoms with Crippen molar-refractivity contribution in [1.29, 1.82) is 0 Å². The van der Waals surface area contributed by atoms with Gasteiger partial charge < -0.3 is 0 Å². The Balaban J connectivity index is 1.62. The average molecular weight is 314 g/mol. The van der Waals surface area contributed by atoms with Crippen LogP contribution in [0.5, 0.6) is 0 Å². The molecule has 7 heteroatoms. The molecule has 0 spiro atoms. The minimum absolute atomic E-state index is 0.0740. The van der Waals surface area contributed by atoms with E-state index in [0.717, 1.165) is 37.3 Å². The highest BCUT2D eigenvalue weighted by atomic mass is 16.2. The van der Waals surface area contributed by atoms with Crippen molar-refractivity contribution in [3.05, 3.63) is 35.9 Å². The fourth-order valence-corrected chi connectivity index (χ4v) is 2.99. The van der Waals surface area contributed by atoms with E-state index < -0.39 is 0 Å². The van der Waals surface area contributed by atoms with Gasteiger partial charge in [-0.05, 0) is 45.4 Å². The highest BCUT2D eigenvalue weighted by Gasteiger charge is 2.29. The van der Waals surface area contributed by atoms with Crippen LogP contribution in [0.15, 0.2) is 24.5 Å². The number of H-pyrrole nitrogens is 1. The first-order chi connectivity index (χ1) is 11.1. The van der Waals surface area contributed by atoms with Crippen LogP contribution < -0.4 is 5.32 Å². The van der Waals surface area contributed by atoms with Crippen LogP contribution in [0.4, 0.5) is 5.95 Å². The summed E-state index contributed by atoms with van der Waals surface area (Å²) in [6, 6.07) is 3.60. The van der Waals surface area contributed by atoms with Gasteiger partial charge in [0.25, 0.3) is 0 Å². The number of amides is 1. The Morgan fingerprint density at radius 1 is 1.43 bits per heavy atom. The van der Waals surface area contributed by atoms with E-state index in [9.17, 15) is 4.79 Å². The Bertz CT molecular complexity index is 656. The van der Waals surface area contributed by atoms with E-state index in [4.69, 9.17) is 0 Å². The van der Waals surface area contributed by atoms with Crippen LogP contribution in [0.2, 0.25) is 0 Å². The molecule has 1 amide bonds. The van der Waals surface area contributed by atoms with Gasteiger partial charge in [0.15, 0.2) is 0 Å². The molecule has 2 N–H and O–H groups in total. The monoisotopic (exact) mass is 314 g/mol. The fraction of sp³-hybridized carbons (Fsp3) is 0.500. The zero-order chi connectivity index (χ0) is 16.2. The zero-order valence-corrected chi connectivity index (χ0v) is 13.5. The molecule has 1 fully saturated rings. The van der Waals surface area contributed by atoms with E-state index in [1.807, 2.05) is 13.8 Å². The predicted molar refractivity (Wildman–Crippen MR) is 87.0 cm³/mol. The molecule has 3 heterocycles. The van der Waals surface area contributed by atoms with Gasteiger partial charge >= 0.3 is 0 Å². The minimum Gasteiger partial charge on any atom is -0.293 e. The second kappa shape index (κ2) is 6.87. The lowest BCUT2D eigenvalue weighted by Gasteiger charge is -2.35. The third-order valence-corrected chi connectivity index (χ3v) is 4.32. The van der Waals surface area contributed by atoms with Crippen molar-refractivity contribution < 1.29 is 4.79 Å². The Kier molecular flexibility index (Phi) is 4.66. The number of anilines is 1. The zero-order valence-electron chi connectivity index (χ0n) is 13.5. The van der Waals surface area contributed by atoms with Gasteiger partial charge in [0.2, 0.25) is 11.9 Å². The predicted octanol–water partition coefficient (Wildman–Crippen LogP) is 1.71. The van der Waals surface area contributed by atoms with Crippen molar-refractivity contribution in [2.75, 3.05) is 18.4 Å². The van der Waals surface area contributed by atoms with Crippen molar-refractivity contribution in [2.45, 2.75) is 38.6 Å². The molecular formula is C16H22N6O. The third kappa shape index (κ3) is 3.73. The van der Waals surface area contributed by atoms with Gasteiger partial charge in [-0.3, -0.25) is 20.1 Å². The number of nitrogens with one attached hydrogen (secondary N) is 2. The number of aryl methyl sites for hydroxylation is 1. The Labute approximate surface area is 135 Å². The van der Waals surface area contributed by atoms with E-state index in [-0.39, 0.29) is 11.9 Å². The number of likely N-dealkylation sites (tertiary alicyclic amines) is 1. The van der Waals surface area contributed by atoms with E-state index in [0.29, 0.717) is 11.9 Å². The molecule has 122 valence electrons. The lowest BCUT2D eigenvalue weighted by Crippen LogP contribution is -2.46. The highest BCUT2D eigenvalue weighted by Crippen LogP contribution is 2.27. The first kappa shape index (κ1) is 15.6. The van der Waals surface area contributed by atoms with Gasteiger partial charge in [-0.15, -0.1) is 0 Å². The Hall–Kier alpha value is -2.28. The second-order valence-electron chi connectivity index (χ2n) is 6.05. The summed E-state index contributed by atoms with van der Waals surface area (Å²) in [5.74, 6) is 0.646. The second-order valence-corrected chi connectivity index (χ2v) is 6.05. The molecule has 2 atom stereocenters. The van der Waals surface area contributed by atoms with Crippen molar-refractivity contribution in [1.82, 2.24) is 25.1 Å². The fourth-order valence-electron chi connectivity index (χ4n) is 2.99. The van der Waals surface area contributed by atoms with Crippen LogP contribution in [-0.2, 0) is 4.79 Å². The number of aromatic amines is 1. The van der Waals surface area contributed by atoms with Gasteiger partial charge in [-0.25, -0.2) is 9.97 Å². The smallest absolute Gasteiger partial charge is 0.243 e. The van der Waals surface area contributed by atoms with Crippen LogP contribution in [0.25, 0.3) is 0 Å². The molecule has 2 unspecified atom stereocenters. The summed E-state index contributed by atoms with van der Waals surface area (Å²) in [4.78, 5) is 22.7. The van der Waals surface area contributed by atoms with Crippen LogP contribution in [0.1, 0.15) is 37.1 Å². The van der Waals surface area contributed by atoms with E-state index in [2.05, 4.69) is 36.4 Å². The van der Waals surface area contributed by atoms with Gasteiger partial charge in [0.1, 0.15) is 0 Å². The molecule has 0 bridgehead atoms. The maximum absolute atomic E-state index is 12.4. The average Bonchev–Trinajstić information content (AvgIpc) is 3.02. The number of hydrogen-bond acceptors (Lipinski definition) is 5. The number of nitrogens with zero attached hydrogens (tertiary/aromatic N) is 4. The van der Waals surface area contributed by atoms with Gasteiger partial charge in [0.05, 0.1) is 11.7 Å². The topological polar surface area (TPSA) is 86.8 Å². The van der Waals surface area contributed by atoms with Gasteiger partial charge in [0, 0.05) is 30.6 Å². The summed E-state index contributed by atoms with van der Waals surface area (Å²) in [6.45, 7) is 5.70. The minimum atomic E-state index is -0.221. The number of hydrogen-bond donors (Lipinski definition) is 2. The molecule has 7 nitrogen and oxygen atoms in total. The first-order valence-corrected chi connectivity index (χ1v) is 7.97. The normalized spacial score (nSPS) is 20.2. The maximum atomic E-state index is 12.4. The summed E-state index contributed by atoms with van der Waals surface area (Å²) in [5.41, 5.74) is 2.16. The van der Waals surface area contributed by atoms with E-state index in [1.54, 1.807) is 18.5 Å². The molecule has 1 saturated heterocycles. The number of carbonyl (C=O) groups excluding carboxylic acids is 1. The summed E-state index contributed by atoms with van der Waals surface area (Å²) in [6.07, 6.45) is 5.40. The summed E-state index contributed by atoms with van der Waals surface area (Å²) in [5, 5.41) is 10.1. The largest absolute Gasteiger partial charge is 0.293 e. The first-order valence-electron chi connectivity index (χ1n) is 7.97. The lowest BCUT2D eigenvalue weighted by atomic mass is 9.93. The Morgan fingerprint density at radius 3 is 2.91 bits per heavy atom. The molecule has 0 saturated carbocycles. The highest BCUT2D eigenvalue weighted by molar-refractivity contribution is 5.93. The number of carbonyl (C=O) groups is 1. The molecule has 3 rings (SSSR count). The standard InChI is InChI=1S/C16H22N6O/c1-11-9-14(21-20-11)13-5-3-8-22(10-13)12(2)15(23)19-16-17-6-4-7-18-16/h4,6-7,9,12-13H,3,5,8,10H2,1-2H3,(H,20,21)(H,17,18,19,23). The summed E-state index contributed by atoms with van der Waals surface area (Å²) in [7, 11) is 0. The molecule has 0 aromatic carbocycles. The summed E-state index contributed by atoms with van der Waals surface area (Å²) >= 11 is 0. The van der Waals surface area contributed by atoms with Crippen molar-refractivity contribution in [2.24, 2.45) is 0 Å². The van der Waals surface area contributed by atoms with Crippen molar-refractivity contribution in [3.63, 3.8) is 0 Å². The van der Waals surface area contributed by atoms with Crippen LogP contribution in [0, 0.1) is 6.92 Å². The van der Waals surface area contributed by atoms with E-state index >= 15 is 0 Å². The molecule has 2 aromatic rings. The van der Waals surface area contributed by atoms with Crippen LogP contribution in [-0.4, -0.2) is 50.1 Å². The molecule has 1 aliphatic rings. The molecule has 1 aliphatic heterocycles. The summed E-state index contributed by atoms with van der Waals surface area (Å²) < 4.78 is 0. The quantitative estimate of drug-likeness (QED) is 0.897. The van der Waals surface area contributed by atoms with Crippen LogP contribution >= 0.6 is 0 Å². The van der Waals surface area contributed by atoms with E-state index in [1.165, 1.54) is 0 Å². The maximum Gasteiger partial charge on any atom is 0.243 e. The van der Waals surface area contributed by atoms with Gasteiger partial charge in [-0.1, -0.05) is 0 Å². The van der Waals surface area contributed by atoms with Gasteiger partial charge in [-0.2, -0.15) is 5.10 Å². The SMILES string of the molecule is Cc1cc(C2CCCN(C(C)C(=O)Nc3ncccn3)C2)n[nH]1. The lowest BCUT2D eigenvalue weighted by molar-refractivity contribution is -0.121. The molecule has 2 aromatic heterocycles. The Morgan fingerprint density at radius 2 is 2.22 bits per heavy atom. The molecule has 0 aliphatic carbocycles. The van der Waals surface area contributed by atoms with Crippen LogP contribution in [0.3, 0.4) is 0 Å². The number of piperidine rings is 1. The third-order valence-electron chi connectivity index (χ3n) is 4.32. The molecular weight excluding hydrogens is 292 g/mol.